The maximum absolute atomic E-state index is 12.9. The zero-order valence-corrected chi connectivity index (χ0v) is 14.7. The molecule has 1 aromatic rings. The molecule has 0 radical (unpaired) electrons. The van der Waals surface area contributed by atoms with Crippen LogP contribution in [0.4, 0.5) is 0 Å². The molecule has 0 aromatic heterocycles. The van der Waals surface area contributed by atoms with Crippen LogP contribution in [-0.2, 0) is 19.1 Å². The van der Waals surface area contributed by atoms with Crippen LogP contribution in [0.2, 0.25) is 0 Å². The minimum absolute atomic E-state index is 0.0143. The molecule has 3 aliphatic rings. The molecule has 1 aromatic carbocycles. The number of epoxide rings is 1. The molecule has 1 heterocycles. The number of ketones is 1. The third-order valence-electron chi connectivity index (χ3n) is 6.64. The highest BCUT2D eigenvalue weighted by molar-refractivity contribution is 5.89. The Kier molecular flexibility index (Phi) is 3.09. The lowest BCUT2D eigenvalue weighted by atomic mass is 9.52. The Morgan fingerprint density at radius 3 is 2.50 bits per heavy atom. The smallest absolute Gasteiger partial charge is 0.303 e. The zero-order valence-electron chi connectivity index (χ0n) is 14.7. The van der Waals surface area contributed by atoms with Gasteiger partial charge in [0.2, 0.25) is 0 Å². The molecule has 4 rings (SSSR count). The third-order valence-corrected chi connectivity index (χ3v) is 6.64. The predicted molar refractivity (Wildman–Crippen MR) is 88.5 cm³/mol. The average Bonchev–Trinajstić information content (AvgIpc) is 3.19. The zero-order chi connectivity index (χ0) is 17.3. The molecule has 2 saturated carbocycles. The van der Waals surface area contributed by atoms with E-state index in [2.05, 4.69) is 32.9 Å². The fourth-order valence-electron chi connectivity index (χ4n) is 5.81. The SMILES string of the molecule is CC(=O)O[C@H]1C(=O)CC(C)(C)[C@]23O[C@H]2C[C@H](c2ccccc2)[C@]13C. The van der Waals surface area contributed by atoms with Gasteiger partial charge >= 0.3 is 5.97 Å². The molecular weight excluding hydrogens is 304 g/mol. The van der Waals surface area contributed by atoms with Gasteiger partial charge in [-0.15, -0.1) is 0 Å². The van der Waals surface area contributed by atoms with Gasteiger partial charge in [0.05, 0.1) is 11.5 Å². The van der Waals surface area contributed by atoms with Gasteiger partial charge in [0.25, 0.3) is 0 Å². The monoisotopic (exact) mass is 328 g/mol. The fraction of sp³-hybridized carbons (Fsp3) is 0.600. The number of ether oxygens (including phenoxy) is 2. The average molecular weight is 328 g/mol. The molecule has 0 N–H and O–H groups in total. The van der Waals surface area contributed by atoms with Crippen LogP contribution in [0, 0.1) is 10.8 Å². The first-order valence-electron chi connectivity index (χ1n) is 8.67. The van der Waals surface area contributed by atoms with E-state index >= 15 is 0 Å². The van der Waals surface area contributed by atoms with Gasteiger partial charge in [0, 0.05) is 18.8 Å². The number of esters is 1. The first-order chi connectivity index (χ1) is 11.2. The van der Waals surface area contributed by atoms with Gasteiger partial charge in [-0.05, 0) is 17.9 Å². The molecule has 1 spiro atoms. The summed E-state index contributed by atoms with van der Waals surface area (Å²) in [6.45, 7) is 7.69. The molecule has 0 bridgehead atoms. The molecule has 0 unspecified atom stereocenters. The Hall–Kier alpha value is -1.68. The number of carbonyl (C=O) groups is 2. The normalized spacial score (nSPS) is 42.2. The fourth-order valence-corrected chi connectivity index (χ4v) is 5.81. The largest absolute Gasteiger partial charge is 0.454 e. The Labute approximate surface area is 142 Å². The van der Waals surface area contributed by atoms with Gasteiger partial charge in [-0.1, -0.05) is 51.1 Å². The predicted octanol–water partition coefficient (Wildman–Crippen LogP) is 3.25. The number of rotatable bonds is 2. The summed E-state index contributed by atoms with van der Waals surface area (Å²) in [4.78, 5) is 24.6. The maximum atomic E-state index is 12.9. The van der Waals surface area contributed by atoms with Gasteiger partial charge in [-0.2, -0.15) is 0 Å². The highest BCUT2D eigenvalue weighted by Gasteiger charge is 2.84. The van der Waals surface area contributed by atoms with E-state index in [0.29, 0.717) is 6.42 Å². The molecule has 4 nitrogen and oxygen atoms in total. The van der Waals surface area contributed by atoms with Crippen molar-refractivity contribution in [2.24, 2.45) is 10.8 Å². The van der Waals surface area contributed by atoms with Gasteiger partial charge < -0.3 is 9.47 Å². The first kappa shape index (κ1) is 15.8. The van der Waals surface area contributed by atoms with Crippen molar-refractivity contribution >= 4 is 11.8 Å². The summed E-state index contributed by atoms with van der Waals surface area (Å²) in [6, 6.07) is 10.2. The Bertz CT molecular complexity index is 710. The van der Waals surface area contributed by atoms with Crippen LogP contribution in [-0.4, -0.2) is 29.6 Å². The number of hydrogen-bond donors (Lipinski definition) is 0. The standard InChI is InChI=1S/C20H24O4/c1-12(21)23-17-15(22)11-18(2,3)20-16(24-20)10-14(19(17,20)4)13-8-6-5-7-9-13/h5-9,14,16-17H,10-11H2,1-4H3/t14-,16+,17+,19-,20-/m1/s1. The lowest BCUT2D eigenvalue weighted by molar-refractivity contribution is -0.182. The van der Waals surface area contributed by atoms with Crippen molar-refractivity contribution < 1.29 is 19.1 Å². The summed E-state index contributed by atoms with van der Waals surface area (Å²) in [5.41, 5.74) is -0.000288. The van der Waals surface area contributed by atoms with Crippen LogP contribution in [0.3, 0.4) is 0 Å². The molecule has 0 amide bonds. The van der Waals surface area contributed by atoms with E-state index in [1.165, 1.54) is 12.5 Å². The van der Waals surface area contributed by atoms with E-state index in [-0.39, 0.29) is 23.2 Å². The van der Waals surface area contributed by atoms with E-state index in [1.807, 2.05) is 18.2 Å². The summed E-state index contributed by atoms with van der Waals surface area (Å²) >= 11 is 0. The Morgan fingerprint density at radius 1 is 1.21 bits per heavy atom. The first-order valence-corrected chi connectivity index (χ1v) is 8.67. The van der Waals surface area contributed by atoms with Crippen LogP contribution in [0.1, 0.15) is 52.0 Å². The second kappa shape index (κ2) is 4.69. The highest BCUT2D eigenvalue weighted by Crippen LogP contribution is 2.76. The molecule has 1 aliphatic heterocycles. The van der Waals surface area contributed by atoms with Gasteiger partial charge in [0.1, 0.15) is 5.60 Å². The van der Waals surface area contributed by atoms with Crippen molar-refractivity contribution in [1.82, 2.24) is 0 Å². The lowest BCUT2D eigenvalue weighted by Gasteiger charge is -2.52. The van der Waals surface area contributed by atoms with Crippen molar-refractivity contribution in [3.8, 4) is 0 Å². The van der Waals surface area contributed by atoms with Crippen LogP contribution in [0.15, 0.2) is 30.3 Å². The molecular formula is C20H24O4. The van der Waals surface area contributed by atoms with E-state index in [0.717, 1.165) is 6.42 Å². The molecule has 24 heavy (non-hydrogen) atoms. The molecule has 128 valence electrons. The number of benzene rings is 1. The van der Waals surface area contributed by atoms with E-state index in [1.54, 1.807) is 0 Å². The third kappa shape index (κ3) is 1.72. The van der Waals surface area contributed by atoms with Crippen LogP contribution in [0.25, 0.3) is 0 Å². The summed E-state index contributed by atoms with van der Waals surface area (Å²) in [7, 11) is 0. The molecule has 5 atom stereocenters. The van der Waals surface area contributed by atoms with Crippen molar-refractivity contribution in [2.75, 3.05) is 0 Å². The van der Waals surface area contributed by atoms with Crippen LogP contribution < -0.4 is 0 Å². The van der Waals surface area contributed by atoms with Crippen LogP contribution >= 0.6 is 0 Å². The topological polar surface area (TPSA) is 55.9 Å². The van der Waals surface area contributed by atoms with E-state index in [9.17, 15) is 9.59 Å². The summed E-state index contributed by atoms with van der Waals surface area (Å²) in [5, 5.41) is 0. The van der Waals surface area contributed by atoms with Crippen molar-refractivity contribution in [1.29, 1.82) is 0 Å². The molecule has 4 heteroatoms. The highest BCUT2D eigenvalue weighted by atomic mass is 16.6. The maximum Gasteiger partial charge on any atom is 0.303 e. The molecule has 2 aliphatic carbocycles. The van der Waals surface area contributed by atoms with E-state index < -0.39 is 23.1 Å². The molecule has 1 saturated heterocycles. The number of carbonyl (C=O) groups excluding carboxylic acids is 2. The summed E-state index contributed by atoms with van der Waals surface area (Å²) in [6.07, 6.45) is 0.655. The van der Waals surface area contributed by atoms with E-state index in [4.69, 9.17) is 9.47 Å². The van der Waals surface area contributed by atoms with Gasteiger partial charge in [-0.25, -0.2) is 0 Å². The Morgan fingerprint density at radius 2 is 1.88 bits per heavy atom. The van der Waals surface area contributed by atoms with Gasteiger partial charge in [-0.3, -0.25) is 9.59 Å². The van der Waals surface area contributed by atoms with Crippen molar-refractivity contribution in [3.05, 3.63) is 35.9 Å². The number of hydrogen-bond acceptors (Lipinski definition) is 4. The summed E-state index contributed by atoms with van der Waals surface area (Å²) < 4.78 is 11.8. The van der Waals surface area contributed by atoms with Gasteiger partial charge in [0.15, 0.2) is 11.9 Å². The van der Waals surface area contributed by atoms with Crippen LogP contribution in [0.5, 0.6) is 0 Å². The summed E-state index contributed by atoms with van der Waals surface area (Å²) in [5.74, 6) is -0.244. The number of Topliss-reactive ketones (excluding diaryl/α,β-unsaturated/α-hetero) is 1. The molecule has 3 fully saturated rings. The minimum atomic E-state index is -0.735. The van der Waals surface area contributed by atoms with Crippen molar-refractivity contribution in [2.45, 2.75) is 64.3 Å². The second-order valence-corrected chi connectivity index (χ2v) is 8.34. The Balaban J connectivity index is 1.86. The van der Waals surface area contributed by atoms with Crippen molar-refractivity contribution in [3.63, 3.8) is 0 Å². The lowest BCUT2D eigenvalue weighted by Crippen LogP contribution is -2.62. The minimum Gasteiger partial charge on any atom is -0.454 e. The second-order valence-electron chi connectivity index (χ2n) is 8.34. The quantitative estimate of drug-likeness (QED) is 0.618.